The molecule has 6 aromatic rings. The molecule has 0 aliphatic heterocycles. The highest BCUT2D eigenvalue weighted by Crippen LogP contribution is 2.27. The number of halogens is 1. The van der Waals surface area contributed by atoms with Crippen molar-refractivity contribution in [3.63, 3.8) is 0 Å². The number of fused-ring (bicyclic) bond motifs is 2. The van der Waals surface area contributed by atoms with Crippen LogP contribution in [0, 0.1) is 6.92 Å². The number of aryl methyl sites for hydroxylation is 1. The third-order valence-corrected chi connectivity index (χ3v) is 7.15. The number of rotatable bonds is 9. The van der Waals surface area contributed by atoms with Crippen LogP contribution in [-0.4, -0.2) is 60.3 Å². The molecule has 2 aromatic carbocycles. The fraction of sp³-hybridized carbons (Fsp3) is 0.235. The van der Waals surface area contributed by atoms with Gasteiger partial charge in [0, 0.05) is 80.6 Å². The van der Waals surface area contributed by atoms with Gasteiger partial charge in [0.2, 0.25) is 0 Å². The summed E-state index contributed by atoms with van der Waals surface area (Å²) in [5.74, 6) is 0.885. The predicted octanol–water partition coefficient (Wildman–Crippen LogP) is 6.91. The smallest absolute Gasteiger partial charge is 0.139 e. The number of benzene rings is 2. The van der Waals surface area contributed by atoms with Crippen molar-refractivity contribution in [2.45, 2.75) is 13.5 Å². The Labute approximate surface area is 251 Å². The number of nitrogens with zero attached hydrogens (tertiary/aromatic N) is 5. The molecule has 0 spiro atoms. The summed E-state index contributed by atoms with van der Waals surface area (Å²) < 4.78 is 26.6. The van der Waals surface area contributed by atoms with Crippen LogP contribution in [0.3, 0.4) is 0 Å². The molecule has 0 fully saturated rings. The average molecular weight is 581 g/mol. The summed E-state index contributed by atoms with van der Waals surface area (Å²) in [6.45, 7) is 2.16. The van der Waals surface area contributed by atoms with Crippen LogP contribution in [0.2, 0.25) is 0 Å². The van der Waals surface area contributed by atoms with Gasteiger partial charge in [0.05, 0.1) is 31.7 Å². The van der Waals surface area contributed by atoms with Crippen molar-refractivity contribution in [3.05, 3.63) is 103 Å². The zero-order chi connectivity index (χ0) is 30.3. The first-order valence-electron chi connectivity index (χ1n) is 14.1. The number of hydrogen-bond acceptors (Lipinski definition) is 6. The minimum absolute atomic E-state index is 0.141. The highest BCUT2D eigenvalue weighted by atomic mass is 19.1. The van der Waals surface area contributed by atoms with Gasteiger partial charge in [-0.1, -0.05) is 36.4 Å². The van der Waals surface area contributed by atoms with Gasteiger partial charge in [0.25, 0.3) is 0 Å². The molecule has 4 aromatic heterocycles. The maximum atomic E-state index is 12.0. The van der Waals surface area contributed by atoms with E-state index in [1.54, 1.807) is 7.11 Å². The molecule has 222 valence electrons. The second-order valence-corrected chi connectivity index (χ2v) is 10.4. The molecular formula is C34H37FN6O2. The molecule has 0 amide bonds. The van der Waals surface area contributed by atoms with Gasteiger partial charge in [-0.05, 0) is 36.2 Å². The summed E-state index contributed by atoms with van der Waals surface area (Å²) in [5, 5.41) is 3.12. The molecule has 8 nitrogen and oxygen atoms in total. The number of aromatic nitrogens is 4. The highest BCUT2D eigenvalue weighted by Gasteiger charge is 2.08. The fourth-order valence-electron chi connectivity index (χ4n) is 4.66. The SMILES string of the molecule is CN(C)c1ccn2cc(-c3ccc(COCCF)cc3)nc2c1.CNc1ccn2cc(-c3ccc(C)c(OC)c3)nc2c1. The van der Waals surface area contributed by atoms with Gasteiger partial charge in [0.15, 0.2) is 0 Å². The Morgan fingerprint density at radius 3 is 2.14 bits per heavy atom. The van der Waals surface area contributed by atoms with E-state index in [1.807, 2.05) is 104 Å². The maximum Gasteiger partial charge on any atom is 0.139 e. The number of pyridine rings is 2. The van der Waals surface area contributed by atoms with Gasteiger partial charge in [0.1, 0.15) is 23.7 Å². The third kappa shape index (κ3) is 6.95. The zero-order valence-electron chi connectivity index (χ0n) is 25.2. The Morgan fingerprint density at radius 2 is 1.49 bits per heavy atom. The maximum absolute atomic E-state index is 12.0. The van der Waals surface area contributed by atoms with Gasteiger partial charge < -0.3 is 28.5 Å². The largest absolute Gasteiger partial charge is 0.496 e. The molecule has 0 unspecified atom stereocenters. The second kappa shape index (κ2) is 13.4. The quantitative estimate of drug-likeness (QED) is 0.187. The Balaban J connectivity index is 0.000000173. The van der Waals surface area contributed by atoms with Crippen molar-refractivity contribution in [3.8, 4) is 28.3 Å². The molecule has 0 saturated carbocycles. The fourth-order valence-corrected chi connectivity index (χ4v) is 4.66. The molecular weight excluding hydrogens is 543 g/mol. The monoisotopic (exact) mass is 580 g/mol. The molecule has 43 heavy (non-hydrogen) atoms. The van der Waals surface area contributed by atoms with Crippen LogP contribution < -0.4 is 15.0 Å². The lowest BCUT2D eigenvalue weighted by Gasteiger charge is -2.11. The van der Waals surface area contributed by atoms with Crippen LogP contribution in [0.15, 0.2) is 91.5 Å². The lowest BCUT2D eigenvalue weighted by Crippen LogP contribution is -2.08. The van der Waals surface area contributed by atoms with Gasteiger partial charge in [-0.3, -0.25) is 0 Å². The van der Waals surface area contributed by atoms with Gasteiger partial charge >= 0.3 is 0 Å². The van der Waals surface area contributed by atoms with Gasteiger partial charge in [-0.25, -0.2) is 14.4 Å². The molecule has 4 heterocycles. The summed E-state index contributed by atoms with van der Waals surface area (Å²) in [5.41, 5.74) is 10.1. The number of ether oxygens (including phenoxy) is 2. The van der Waals surface area contributed by atoms with Crippen LogP contribution in [0.5, 0.6) is 5.75 Å². The van der Waals surface area contributed by atoms with Crippen LogP contribution in [0.4, 0.5) is 15.8 Å². The molecule has 0 atom stereocenters. The Morgan fingerprint density at radius 1 is 0.837 bits per heavy atom. The van der Waals surface area contributed by atoms with Crippen LogP contribution in [0.1, 0.15) is 11.1 Å². The molecule has 0 bridgehead atoms. The third-order valence-electron chi connectivity index (χ3n) is 7.15. The number of hydrogen-bond donors (Lipinski definition) is 1. The van der Waals surface area contributed by atoms with Crippen molar-refractivity contribution < 1.29 is 13.9 Å². The first-order chi connectivity index (χ1) is 20.9. The summed E-state index contributed by atoms with van der Waals surface area (Å²) in [4.78, 5) is 11.4. The normalized spacial score (nSPS) is 10.9. The van der Waals surface area contributed by atoms with Crippen LogP contribution in [-0.2, 0) is 11.3 Å². The highest BCUT2D eigenvalue weighted by molar-refractivity contribution is 5.67. The topological polar surface area (TPSA) is 68.3 Å². The van der Waals surface area contributed by atoms with Crippen LogP contribution in [0.25, 0.3) is 33.8 Å². The van der Waals surface area contributed by atoms with Crippen molar-refractivity contribution in [2.24, 2.45) is 0 Å². The Hall–Kier alpha value is -4.89. The Kier molecular flexibility index (Phi) is 9.22. The number of imidazole rings is 2. The number of anilines is 2. The van der Waals surface area contributed by atoms with E-state index < -0.39 is 6.67 Å². The van der Waals surface area contributed by atoms with Crippen LogP contribution >= 0.6 is 0 Å². The predicted molar refractivity (Wildman–Crippen MR) is 172 cm³/mol. The first-order valence-corrected chi connectivity index (χ1v) is 14.1. The summed E-state index contributed by atoms with van der Waals surface area (Å²) in [7, 11) is 7.62. The lowest BCUT2D eigenvalue weighted by molar-refractivity contribution is 0.106. The molecule has 1 N–H and O–H groups in total. The number of nitrogens with one attached hydrogen (secondary N) is 1. The van der Waals surface area contributed by atoms with Crippen molar-refractivity contribution in [1.82, 2.24) is 18.8 Å². The van der Waals surface area contributed by atoms with E-state index in [0.29, 0.717) is 6.61 Å². The molecule has 6 rings (SSSR count). The first kappa shape index (κ1) is 29.6. The molecule has 0 saturated heterocycles. The number of alkyl halides is 1. The molecule has 0 aliphatic rings. The standard InChI is InChI=1S/C18H20FN3O.C16H17N3O/c1-21(2)16-7-9-22-12-17(20-18(22)11-16)15-5-3-14(4-6-15)13-23-10-8-19;1-11-4-5-12(8-15(11)20-3)14-10-19-7-6-13(17-2)9-16(19)18-14/h3-7,9,11-12H,8,10,13H2,1-2H3;4-10,17H,1-3H3. The molecule has 9 heteroatoms. The van der Waals surface area contributed by atoms with E-state index in [1.165, 1.54) is 0 Å². The molecule has 0 aliphatic carbocycles. The lowest BCUT2D eigenvalue weighted by atomic mass is 10.1. The summed E-state index contributed by atoms with van der Waals surface area (Å²) in [6, 6.07) is 22.3. The van der Waals surface area contributed by atoms with E-state index in [-0.39, 0.29) is 6.61 Å². The van der Waals surface area contributed by atoms with Crippen molar-refractivity contribution in [1.29, 1.82) is 0 Å². The summed E-state index contributed by atoms with van der Waals surface area (Å²) in [6.07, 6.45) is 8.06. The van der Waals surface area contributed by atoms with Crippen molar-refractivity contribution in [2.75, 3.05) is 51.8 Å². The van der Waals surface area contributed by atoms with Gasteiger partial charge in [-0.15, -0.1) is 0 Å². The minimum atomic E-state index is -0.450. The zero-order valence-corrected chi connectivity index (χ0v) is 25.2. The van der Waals surface area contributed by atoms with E-state index >= 15 is 0 Å². The second-order valence-electron chi connectivity index (χ2n) is 10.4. The van der Waals surface area contributed by atoms with E-state index in [2.05, 4.69) is 44.5 Å². The Bertz CT molecular complexity index is 1810. The van der Waals surface area contributed by atoms with Crippen molar-refractivity contribution >= 4 is 22.7 Å². The van der Waals surface area contributed by atoms with E-state index in [4.69, 9.17) is 9.47 Å². The van der Waals surface area contributed by atoms with E-state index in [9.17, 15) is 4.39 Å². The van der Waals surface area contributed by atoms with E-state index in [0.717, 1.165) is 62.1 Å². The average Bonchev–Trinajstić information content (AvgIpc) is 3.66. The number of methoxy groups -OCH3 is 1. The molecule has 0 radical (unpaired) electrons. The summed E-state index contributed by atoms with van der Waals surface area (Å²) >= 11 is 0. The van der Waals surface area contributed by atoms with Gasteiger partial charge in [-0.2, -0.15) is 0 Å². The minimum Gasteiger partial charge on any atom is -0.496 e.